The Kier molecular flexibility index (Phi) is 4.72. The van der Waals surface area contributed by atoms with Crippen LogP contribution in [0.15, 0.2) is 23.1 Å². The van der Waals surface area contributed by atoms with Gasteiger partial charge in [-0.1, -0.05) is 0 Å². The topological polar surface area (TPSA) is 115 Å². The van der Waals surface area contributed by atoms with Gasteiger partial charge in [-0.25, -0.2) is 22.8 Å². The molecule has 2 aromatic rings. The summed E-state index contributed by atoms with van der Waals surface area (Å²) in [4.78, 5) is 16.0. The monoisotopic (exact) mass is 379 g/mol. The number of benzene rings is 1. The van der Waals surface area contributed by atoms with Crippen molar-refractivity contribution in [1.29, 1.82) is 0 Å². The molecule has 140 valence electrons. The number of aromatic nitrogens is 3. The lowest BCUT2D eigenvalue weighted by Crippen LogP contribution is -2.35. The van der Waals surface area contributed by atoms with E-state index in [1.54, 1.807) is 18.5 Å². The number of hydrogen-bond acceptors (Lipinski definition) is 6. The maximum Gasteiger partial charge on any atom is 0.265 e. The van der Waals surface area contributed by atoms with Gasteiger partial charge in [-0.05, 0) is 45.9 Å². The smallest absolute Gasteiger partial charge is 0.265 e. The first-order valence-electron chi connectivity index (χ1n) is 8.18. The van der Waals surface area contributed by atoms with E-state index in [9.17, 15) is 13.2 Å². The summed E-state index contributed by atoms with van der Waals surface area (Å²) in [6.45, 7) is 7.23. The number of nitrogens with one attached hydrogen (secondary N) is 2. The van der Waals surface area contributed by atoms with E-state index in [0.717, 1.165) is 5.82 Å². The average molecular weight is 379 g/mol. The molecular formula is C16H21N5O4S. The fourth-order valence-corrected chi connectivity index (χ4v) is 3.86. The number of nitrogens with zero attached hydrogens (tertiary/aromatic N) is 3. The highest BCUT2D eigenvalue weighted by Crippen LogP contribution is 2.31. The highest BCUT2D eigenvalue weighted by molar-refractivity contribution is 7.89. The van der Waals surface area contributed by atoms with E-state index in [-0.39, 0.29) is 23.4 Å². The molecule has 0 saturated heterocycles. The van der Waals surface area contributed by atoms with E-state index >= 15 is 0 Å². The molecule has 1 amide bonds. The quantitative estimate of drug-likeness (QED) is 0.805. The highest BCUT2D eigenvalue weighted by atomic mass is 32.2. The number of sulfonamides is 1. The van der Waals surface area contributed by atoms with Gasteiger partial charge in [0.1, 0.15) is 17.4 Å². The van der Waals surface area contributed by atoms with Crippen molar-refractivity contribution in [3.8, 4) is 5.75 Å². The number of amides is 1. The van der Waals surface area contributed by atoms with Gasteiger partial charge < -0.3 is 10.1 Å². The summed E-state index contributed by atoms with van der Waals surface area (Å²) >= 11 is 0. The Hall–Kier alpha value is -2.46. The zero-order chi connectivity index (χ0) is 19.1. The second kappa shape index (κ2) is 6.69. The fraction of sp³-hybridized carbons (Fsp3) is 0.438. The molecule has 9 nitrogen and oxygen atoms in total. The number of carbonyl (C=O) groups excluding carboxylic acids is 1. The molecule has 10 heteroatoms. The molecule has 0 spiro atoms. The lowest BCUT2D eigenvalue weighted by molar-refractivity contribution is -0.122. The van der Waals surface area contributed by atoms with Crippen LogP contribution < -0.4 is 14.8 Å². The minimum Gasteiger partial charge on any atom is -0.479 e. The summed E-state index contributed by atoms with van der Waals surface area (Å²) < 4.78 is 34.8. The van der Waals surface area contributed by atoms with Crippen LogP contribution in [-0.4, -0.2) is 41.7 Å². The summed E-state index contributed by atoms with van der Waals surface area (Å²) in [5, 5.41) is 6.91. The largest absolute Gasteiger partial charge is 0.479 e. The summed E-state index contributed by atoms with van der Waals surface area (Å²) in [5.41, 5.74) is 0.340. The van der Waals surface area contributed by atoms with E-state index in [1.807, 2.05) is 13.8 Å². The van der Waals surface area contributed by atoms with Gasteiger partial charge in [0.25, 0.3) is 5.91 Å². The predicted octanol–water partition coefficient (Wildman–Crippen LogP) is 1.15. The molecule has 0 fully saturated rings. The predicted molar refractivity (Wildman–Crippen MR) is 94.6 cm³/mol. The van der Waals surface area contributed by atoms with Crippen LogP contribution in [-0.2, 0) is 14.8 Å². The third-order valence-electron chi connectivity index (χ3n) is 4.09. The maximum atomic E-state index is 12.6. The third kappa shape index (κ3) is 3.56. The first-order chi connectivity index (χ1) is 12.2. The van der Waals surface area contributed by atoms with Gasteiger partial charge >= 0.3 is 0 Å². The SMILES string of the molecule is Cc1nc(C)n(C(C)CNS(=O)(=O)c2ccc3c(c2)NC(=O)C(C)O3)n1. The molecule has 2 N–H and O–H groups in total. The Morgan fingerprint density at radius 3 is 2.77 bits per heavy atom. The Labute approximate surface area is 151 Å². The minimum atomic E-state index is -3.75. The van der Waals surface area contributed by atoms with Crippen LogP contribution in [0.3, 0.4) is 0 Å². The van der Waals surface area contributed by atoms with Gasteiger partial charge in [0.15, 0.2) is 6.10 Å². The molecule has 0 aliphatic carbocycles. The van der Waals surface area contributed by atoms with E-state index in [1.165, 1.54) is 18.2 Å². The average Bonchev–Trinajstić information content (AvgIpc) is 2.92. The number of carbonyl (C=O) groups is 1. The molecule has 1 aliphatic heterocycles. The van der Waals surface area contributed by atoms with E-state index in [2.05, 4.69) is 20.1 Å². The first-order valence-corrected chi connectivity index (χ1v) is 9.66. The Bertz CT molecular complexity index is 954. The minimum absolute atomic E-state index is 0.0494. The second-order valence-electron chi connectivity index (χ2n) is 6.26. The second-order valence-corrected chi connectivity index (χ2v) is 8.03. The lowest BCUT2D eigenvalue weighted by atomic mass is 10.2. The molecule has 3 rings (SSSR count). The van der Waals surface area contributed by atoms with Gasteiger partial charge in [0.2, 0.25) is 10.0 Å². The first kappa shape index (κ1) is 18.3. The van der Waals surface area contributed by atoms with Crippen LogP contribution in [0.5, 0.6) is 5.75 Å². The molecule has 26 heavy (non-hydrogen) atoms. The van der Waals surface area contributed by atoms with Crippen molar-refractivity contribution in [2.45, 2.75) is 44.7 Å². The molecule has 1 aromatic heterocycles. The summed E-state index contributed by atoms with van der Waals surface area (Å²) in [5.74, 6) is 1.48. The number of hydrogen-bond donors (Lipinski definition) is 2. The van der Waals surface area contributed by atoms with Crippen molar-refractivity contribution in [3.05, 3.63) is 29.8 Å². The zero-order valence-corrected chi connectivity index (χ0v) is 15.8. The Morgan fingerprint density at radius 2 is 2.12 bits per heavy atom. The van der Waals surface area contributed by atoms with E-state index < -0.39 is 16.1 Å². The summed E-state index contributed by atoms with van der Waals surface area (Å²) in [6.07, 6.45) is -0.613. The molecular weight excluding hydrogens is 358 g/mol. The maximum absolute atomic E-state index is 12.6. The number of anilines is 1. The fourth-order valence-electron chi connectivity index (χ4n) is 2.71. The molecule has 0 saturated carbocycles. The number of ether oxygens (including phenoxy) is 1. The van der Waals surface area contributed by atoms with Crippen LogP contribution in [0.4, 0.5) is 5.69 Å². The normalized spacial score (nSPS) is 18.0. The molecule has 2 heterocycles. The van der Waals surface area contributed by atoms with Crippen LogP contribution in [0.2, 0.25) is 0 Å². The Morgan fingerprint density at radius 1 is 1.38 bits per heavy atom. The summed E-state index contributed by atoms with van der Waals surface area (Å²) in [6, 6.07) is 4.17. The molecule has 2 unspecified atom stereocenters. The molecule has 1 aliphatic rings. The van der Waals surface area contributed by atoms with Crippen molar-refractivity contribution in [1.82, 2.24) is 19.5 Å². The van der Waals surface area contributed by atoms with Crippen molar-refractivity contribution < 1.29 is 17.9 Å². The van der Waals surface area contributed by atoms with Crippen molar-refractivity contribution in [2.75, 3.05) is 11.9 Å². The van der Waals surface area contributed by atoms with Crippen molar-refractivity contribution in [3.63, 3.8) is 0 Å². The van der Waals surface area contributed by atoms with Crippen molar-refractivity contribution >= 4 is 21.6 Å². The zero-order valence-electron chi connectivity index (χ0n) is 15.0. The molecule has 0 radical (unpaired) electrons. The number of fused-ring (bicyclic) bond motifs is 1. The van der Waals surface area contributed by atoms with Crippen LogP contribution in [0.25, 0.3) is 0 Å². The third-order valence-corrected chi connectivity index (χ3v) is 5.51. The van der Waals surface area contributed by atoms with Gasteiger partial charge in [-0.15, -0.1) is 0 Å². The molecule has 0 bridgehead atoms. The Balaban J connectivity index is 1.75. The van der Waals surface area contributed by atoms with Gasteiger partial charge in [-0.3, -0.25) is 4.79 Å². The lowest BCUT2D eigenvalue weighted by Gasteiger charge is -2.23. The highest BCUT2D eigenvalue weighted by Gasteiger charge is 2.26. The van der Waals surface area contributed by atoms with E-state index in [0.29, 0.717) is 17.3 Å². The van der Waals surface area contributed by atoms with E-state index in [4.69, 9.17) is 4.74 Å². The number of aryl methyl sites for hydroxylation is 2. The van der Waals surface area contributed by atoms with Crippen LogP contribution >= 0.6 is 0 Å². The van der Waals surface area contributed by atoms with Gasteiger partial charge in [0, 0.05) is 6.54 Å². The standard InChI is InChI=1S/C16H21N5O4S/c1-9(21-12(4)18-11(3)20-21)8-17-26(23,24)13-5-6-15-14(7-13)19-16(22)10(2)25-15/h5-7,9-10,17H,8H2,1-4H3,(H,19,22). The van der Waals surface area contributed by atoms with Crippen LogP contribution in [0.1, 0.15) is 31.5 Å². The summed E-state index contributed by atoms with van der Waals surface area (Å²) in [7, 11) is -3.75. The van der Waals surface area contributed by atoms with Gasteiger partial charge in [0.05, 0.1) is 16.6 Å². The van der Waals surface area contributed by atoms with Gasteiger partial charge in [-0.2, -0.15) is 5.10 Å². The molecule has 1 aromatic carbocycles. The van der Waals surface area contributed by atoms with Crippen molar-refractivity contribution in [2.24, 2.45) is 0 Å². The van der Waals surface area contributed by atoms with Crippen LogP contribution in [0, 0.1) is 13.8 Å². The number of rotatable bonds is 5. The molecule has 2 atom stereocenters.